The molecule has 0 radical (unpaired) electrons. The van der Waals surface area contributed by atoms with Gasteiger partial charge in [0.25, 0.3) is 0 Å². The van der Waals surface area contributed by atoms with Crippen molar-refractivity contribution >= 4 is 5.69 Å². The SMILES string of the molecule is CN1CCC(CN(C)Cc2ccc(N)cn2)C1. The zero-order valence-corrected chi connectivity index (χ0v) is 10.8. The van der Waals surface area contributed by atoms with E-state index in [9.17, 15) is 0 Å². The topological polar surface area (TPSA) is 45.4 Å². The molecule has 0 bridgehead atoms. The van der Waals surface area contributed by atoms with Gasteiger partial charge in [-0.3, -0.25) is 4.98 Å². The minimum Gasteiger partial charge on any atom is -0.397 e. The van der Waals surface area contributed by atoms with Crippen LogP contribution in [-0.2, 0) is 6.54 Å². The highest BCUT2D eigenvalue weighted by Gasteiger charge is 2.20. The smallest absolute Gasteiger partial charge is 0.0545 e. The van der Waals surface area contributed by atoms with Gasteiger partial charge in [0.05, 0.1) is 17.6 Å². The Hall–Kier alpha value is -1.13. The van der Waals surface area contributed by atoms with E-state index in [0.717, 1.165) is 30.4 Å². The third-order valence-corrected chi connectivity index (χ3v) is 3.34. The molecule has 17 heavy (non-hydrogen) atoms. The molecule has 1 fully saturated rings. The quantitative estimate of drug-likeness (QED) is 0.846. The number of nitrogens with two attached hydrogens (primary N) is 1. The molecule has 0 aromatic carbocycles. The van der Waals surface area contributed by atoms with Crippen LogP contribution >= 0.6 is 0 Å². The van der Waals surface area contributed by atoms with Crippen molar-refractivity contribution in [3.8, 4) is 0 Å². The lowest BCUT2D eigenvalue weighted by atomic mass is 10.1. The lowest BCUT2D eigenvalue weighted by Crippen LogP contribution is -2.27. The average Bonchev–Trinajstić information content (AvgIpc) is 2.67. The van der Waals surface area contributed by atoms with Gasteiger partial charge in [0, 0.05) is 19.6 Å². The molecular weight excluding hydrogens is 212 g/mol. The van der Waals surface area contributed by atoms with Gasteiger partial charge < -0.3 is 15.5 Å². The molecule has 94 valence electrons. The first-order valence-corrected chi connectivity index (χ1v) is 6.21. The van der Waals surface area contributed by atoms with E-state index in [1.807, 2.05) is 12.1 Å². The van der Waals surface area contributed by atoms with E-state index < -0.39 is 0 Å². The number of hydrogen-bond acceptors (Lipinski definition) is 4. The van der Waals surface area contributed by atoms with Crippen molar-refractivity contribution < 1.29 is 0 Å². The summed E-state index contributed by atoms with van der Waals surface area (Å²) < 4.78 is 0. The molecule has 1 aromatic rings. The Morgan fingerprint density at radius 3 is 2.94 bits per heavy atom. The molecular formula is C13H22N4. The summed E-state index contributed by atoms with van der Waals surface area (Å²) in [5, 5.41) is 0. The van der Waals surface area contributed by atoms with E-state index in [4.69, 9.17) is 5.73 Å². The molecule has 2 rings (SSSR count). The Labute approximate surface area is 103 Å². The fraction of sp³-hybridized carbons (Fsp3) is 0.615. The molecule has 2 heterocycles. The van der Waals surface area contributed by atoms with Crippen LogP contribution in [0.1, 0.15) is 12.1 Å². The first-order chi connectivity index (χ1) is 8.13. The molecule has 2 N–H and O–H groups in total. The Kier molecular flexibility index (Phi) is 3.97. The van der Waals surface area contributed by atoms with E-state index in [0.29, 0.717) is 0 Å². The number of nitrogens with zero attached hydrogens (tertiary/aromatic N) is 3. The van der Waals surface area contributed by atoms with E-state index in [-0.39, 0.29) is 0 Å². The maximum absolute atomic E-state index is 5.62. The second-order valence-corrected chi connectivity index (χ2v) is 5.20. The molecule has 1 aliphatic heterocycles. The molecule has 1 atom stereocenters. The summed E-state index contributed by atoms with van der Waals surface area (Å²) in [6, 6.07) is 3.92. The molecule has 1 aliphatic rings. The van der Waals surface area contributed by atoms with Gasteiger partial charge in [-0.25, -0.2) is 0 Å². The largest absolute Gasteiger partial charge is 0.397 e. The molecule has 4 heteroatoms. The summed E-state index contributed by atoms with van der Waals surface area (Å²) in [5.41, 5.74) is 7.44. The first-order valence-electron chi connectivity index (χ1n) is 6.21. The third kappa shape index (κ3) is 3.68. The predicted molar refractivity (Wildman–Crippen MR) is 70.6 cm³/mol. The van der Waals surface area contributed by atoms with Crippen LogP contribution in [0.5, 0.6) is 0 Å². The van der Waals surface area contributed by atoms with Crippen LogP contribution in [-0.4, -0.2) is 48.5 Å². The van der Waals surface area contributed by atoms with Gasteiger partial charge in [-0.1, -0.05) is 0 Å². The van der Waals surface area contributed by atoms with Crippen LogP contribution in [0.15, 0.2) is 18.3 Å². The van der Waals surface area contributed by atoms with E-state index in [2.05, 4.69) is 28.9 Å². The molecule has 4 nitrogen and oxygen atoms in total. The fourth-order valence-corrected chi connectivity index (χ4v) is 2.49. The Balaban J connectivity index is 1.80. The molecule has 0 spiro atoms. The summed E-state index contributed by atoms with van der Waals surface area (Å²) >= 11 is 0. The number of hydrogen-bond donors (Lipinski definition) is 1. The monoisotopic (exact) mass is 234 g/mol. The zero-order chi connectivity index (χ0) is 12.3. The maximum Gasteiger partial charge on any atom is 0.0545 e. The average molecular weight is 234 g/mol. The van der Waals surface area contributed by atoms with E-state index in [1.54, 1.807) is 6.20 Å². The summed E-state index contributed by atoms with van der Waals surface area (Å²) in [7, 11) is 4.36. The lowest BCUT2D eigenvalue weighted by Gasteiger charge is -2.20. The Morgan fingerprint density at radius 2 is 2.35 bits per heavy atom. The van der Waals surface area contributed by atoms with Crippen LogP contribution < -0.4 is 5.73 Å². The highest BCUT2D eigenvalue weighted by Crippen LogP contribution is 2.16. The van der Waals surface area contributed by atoms with Crippen LogP contribution in [0.25, 0.3) is 0 Å². The van der Waals surface area contributed by atoms with Gasteiger partial charge in [0.2, 0.25) is 0 Å². The number of rotatable bonds is 4. The maximum atomic E-state index is 5.62. The van der Waals surface area contributed by atoms with Crippen LogP contribution in [0, 0.1) is 5.92 Å². The second-order valence-electron chi connectivity index (χ2n) is 5.20. The zero-order valence-electron chi connectivity index (χ0n) is 10.8. The van der Waals surface area contributed by atoms with Gasteiger partial charge >= 0.3 is 0 Å². The van der Waals surface area contributed by atoms with Crippen LogP contribution in [0.4, 0.5) is 5.69 Å². The Morgan fingerprint density at radius 1 is 1.53 bits per heavy atom. The lowest BCUT2D eigenvalue weighted by molar-refractivity contribution is 0.265. The van der Waals surface area contributed by atoms with Gasteiger partial charge in [-0.2, -0.15) is 0 Å². The number of likely N-dealkylation sites (tertiary alicyclic amines) is 1. The fourth-order valence-electron chi connectivity index (χ4n) is 2.49. The molecule has 1 unspecified atom stereocenters. The van der Waals surface area contributed by atoms with E-state index >= 15 is 0 Å². The van der Waals surface area contributed by atoms with Crippen molar-refractivity contribution in [3.63, 3.8) is 0 Å². The van der Waals surface area contributed by atoms with Crippen molar-refractivity contribution in [3.05, 3.63) is 24.0 Å². The van der Waals surface area contributed by atoms with Crippen molar-refractivity contribution in [2.24, 2.45) is 5.92 Å². The van der Waals surface area contributed by atoms with Crippen molar-refractivity contribution in [1.82, 2.24) is 14.8 Å². The minimum absolute atomic E-state index is 0.730. The van der Waals surface area contributed by atoms with Gasteiger partial charge in [-0.15, -0.1) is 0 Å². The minimum atomic E-state index is 0.730. The van der Waals surface area contributed by atoms with Gasteiger partial charge in [0.1, 0.15) is 0 Å². The number of aromatic nitrogens is 1. The van der Waals surface area contributed by atoms with Crippen molar-refractivity contribution in [2.45, 2.75) is 13.0 Å². The Bertz CT molecular complexity index is 349. The van der Waals surface area contributed by atoms with Gasteiger partial charge in [-0.05, 0) is 45.1 Å². The standard InChI is InChI=1S/C13H22N4/c1-16-6-5-11(8-16)9-17(2)10-13-4-3-12(14)7-15-13/h3-4,7,11H,5-6,8-10,14H2,1-2H3. The number of nitrogen functional groups attached to an aromatic ring is 1. The molecule has 1 aromatic heterocycles. The molecule has 0 amide bonds. The summed E-state index contributed by atoms with van der Waals surface area (Å²) in [6.07, 6.45) is 3.04. The summed E-state index contributed by atoms with van der Waals surface area (Å²) in [4.78, 5) is 9.08. The molecule has 0 saturated carbocycles. The van der Waals surface area contributed by atoms with Crippen LogP contribution in [0.2, 0.25) is 0 Å². The predicted octanol–water partition coefficient (Wildman–Crippen LogP) is 1.05. The van der Waals surface area contributed by atoms with Gasteiger partial charge in [0.15, 0.2) is 0 Å². The number of pyridine rings is 1. The first kappa shape index (κ1) is 12.3. The normalized spacial score (nSPS) is 21.2. The summed E-state index contributed by atoms with van der Waals surface area (Å²) in [6.45, 7) is 4.51. The highest BCUT2D eigenvalue weighted by atomic mass is 15.1. The third-order valence-electron chi connectivity index (χ3n) is 3.34. The molecule has 1 saturated heterocycles. The second kappa shape index (κ2) is 5.47. The summed E-state index contributed by atoms with van der Waals surface area (Å²) in [5.74, 6) is 0.804. The number of anilines is 1. The molecule has 0 aliphatic carbocycles. The van der Waals surface area contributed by atoms with E-state index in [1.165, 1.54) is 19.5 Å². The van der Waals surface area contributed by atoms with Crippen molar-refractivity contribution in [2.75, 3.05) is 39.5 Å². The highest BCUT2D eigenvalue weighted by molar-refractivity contribution is 5.34. The van der Waals surface area contributed by atoms with Crippen molar-refractivity contribution in [1.29, 1.82) is 0 Å². The van der Waals surface area contributed by atoms with Crippen LogP contribution in [0.3, 0.4) is 0 Å².